The largest absolute Gasteiger partial charge is 0.380 e. The molecular formula is C16H23N5O4. The predicted octanol–water partition coefficient (Wildman–Crippen LogP) is 1.50. The molecule has 9 heteroatoms. The van der Waals surface area contributed by atoms with E-state index in [4.69, 9.17) is 9.47 Å². The number of nitro groups is 1. The summed E-state index contributed by atoms with van der Waals surface area (Å²) in [6, 6.07) is 2.35. The van der Waals surface area contributed by atoms with E-state index in [2.05, 4.69) is 15.6 Å². The van der Waals surface area contributed by atoms with Crippen molar-refractivity contribution in [1.29, 1.82) is 5.26 Å². The van der Waals surface area contributed by atoms with Crippen LogP contribution in [0.25, 0.3) is 0 Å². The average molecular weight is 349 g/mol. The summed E-state index contributed by atoms with van der Waals surface area (Å²) in [7, 11) is 1.44. The molecule has 0 radical (unpaired) electrons. The van der Waals surface area contributed by atoms with E-state index in [-0.39, 0.29) is 29.1 Å². The van der Waals surface area contributed by atoms with E-state index >= 15 is 0 Å². The second-order valence-corrected chi connectivity index (χ2v) is 5.84. The molecule has 1 aromatic heterocycles. The summed E-state index contributed by atoms with van der Waals surface area (Å²) < 4.78 is 10.5. The first-order valence-corrected chi connectivity index (χ1v) is 8.20. The zero-order chi connectivity index (χ0) is 18.2. The van der Waals surface area contributed by atoms with Crippen LogP contribution in [-0.2, 0) is 16.1 Å². The van der Waals surface area contributed by atoms with Crippen LogP contribution in [0.4, 0.5) is 11.5 Å². The lowest BCUT2D eigenvalue weighted by atomic mass is 10.1. The molecule has 0 spiro atoms. The number of ether oxygens (including phenoxy) is 2. The predicted molar refractivity (Wildman–Crippen MR) is 91.4 cm³/mol. The minimum Gasteiger partial charge on any atom is -0.380 e. The van der Waals surface area contributed by atoms with Gasteiger partial charge >= 0.3 is 0 Å². The van der Waals surface area contributed by atoms with Crippen molar-refractivity contribution in [3.05, 3.63) is 26.9 Å². The standard InChI is InChI=1S/C16H23N5O4/c1-11-15(21(22)23)14(10-24-2)13(8-17)16(20-11)19-5-3-4-12-9-25-7-6-18-12/h12,18H,3-7,9-10H2,1-2H3,(H,19,20)/t12-/m1/s1. The molecule has 136 valence electrons. The Morgan fingerprint density at radius 1 is 1.60 bits per heavy atom. The van der Waals surface area contributed by atoms with Crippen LogP contribution in [0.1, 0.15) is 29.7 Å². The summed E-state index contributed by atoms with van der Waals surface area (Å²) in [5.74, 6) is 0.366. The number of anilines is 1. The fourth-order valence-electron chi connectivity index (χ4n) is 2.89. The van der Waals surface area contributed by atoms with E-state index in [1.54, 1.807) is 6.92 Å². The van der Waals surface area contributed by atoms with Gasteiger partial charge in [0.05, 0.1) is 30.3 Å². The number of aromatic nitrogens is 1. The molecule has 1 atom stereocenters. The number of aryl methyl sites for hydroxylation is 1. The van der Waals surface area contributed by atoms with Gasteiger partial charge in [0.1, 0.15) is 23.1 Å². The third-order valence-corrected chi connectivity index (χ3v) is 4.05. The Kier molecular flexibility index (Phi) is 7.06. The van der Waals surface area contributed by atoms with Gasteiger partial charge in [-0.3, -0.25) is 10.1 Å². The highest BCUT2D eigenvalue weighted by atomic mass is 16.6. The molecule has 0 saturated carbocycles. The van der Waals surface area contributed by atoms with Gasteiger partial charge in [-0.25, -0.2) is 4.98 Å². The lowest BCUT2D eigenvalue weighted by Crippen LogP contribution is -2.41. The molecule has 2 heterocycles. The van der Waals surface area contributed by atoms with Crippen LogP contribution < -0.4 is 10.6 Å². The number of nitrogens with one attached hydrogen (secondary N) is 2. The first-order valence-electron chi connectivity index (χ1n) is 8.20. The molecule has 0 aliphatic carbocycles. The molecule has 0 unspecified atom stereocenters. The zero-order valence-corrected chi connectivity index (χ0v) is 14.5. The number of rotatable bonds is 8. The fraction of sp³-hybridized carbons (Fsp3) is 0.625. The topological polar surface area (TPSA) is 122 Å². The van der Waals surface area contributed by atoms with E-state index in [0.29, 0.717) is 25.0 Å². The van der Waals surface area contributed by atoms with Crippen molar-refractivity contribution in [2.45, 2.75) is 32.4 Å². The van der Waals surface area contributed by atoms with Gasteiger partial charge in [-0.05, 0) is 19.8 Å². The first kappa shape index (κ1) is 19.1. The van der Waals surface area contributed by atoms with Crippen molar-refractivity contribution < 1.29 is 14.4 Å². The molecule has 2 N–H and O–H groups in total. The summed E-state index contributed by atoms with van der Waals surface area (Å²) in [5, 5.41) is 27.3. The molecule has 0 amide bonds. The molecule has 1 fully saturated rings. The highest BCUT2D eigenvalue weighted by molar-refractivity contribution is 5.64. The Labute approximate surface area is 146 Å². The van der Waals surface area contributed by atoms with Crippen molar-refractivity contribution >= 4 is 11.5 Å². The zero-order valence-electron chi connectivity index (χ0n) is 14.5. The van der Waals surface area contributed by atoms with E-state index in [1.807, 2.05) is 6.07 Å². The van der Waals surface area contributed by atoms with E-state index in [0.717, 1.165) is 26.0 Å². The van der Waals surface area contributed by atoms with Gasteiger partial charge in [0, 0.05) is 26.2 Å². The van der Waals surface area contributed by atoms with Crippen LogP contribution in [0, 0.1) is 28.4 Å². The number of nitriles is 1. The van der Waals surface area contributed by atoms with Gasteiger partial charge < -0.3 is 20.1 Å². The maximum absolute atomic E-state index is 11.3. The number of nitrogens with zero attached hydrogens (tertiary/aromatic N) is 3. The summed E-state index contributed by atoms with van der Waals surface area (Å²) in [5.41, 5.74) is 0.527. The van der Waals surface area contributed by atoms with Gasteiger partial charge in [0.2, 0.25) is 0 Å². The quantitative estimate of drug-likeness (QED) is 0.411. The van der Waals surface area contributed by atoms with Crippen LogP contribution in [0.15, 0.2) is 0 Å². The van der Waals surface area contributed by atoms with Crippen molar-refractivity contribution in [3.63, 3.8) is 0 Å². The second kappa shape index (κ2) is 9.27. The first-order chi connectivity index (χ1) is 12.1. The Bertz CT molecular complexity index is 653. The maximum atomic E-state index is 11.3. The average Bonchev–Trinajstić information content (AvgIpc) is 2.59. The van der Waals surface area contributed by atoms with Crippen molar-refractivity contribution in [2.75, 3.05) is 38.7 Å². The molecule has 2 rings (SSSR count). The molecule has 0 aromatic carbocycles. The number of hydrogen-bond donors (Lipinski definition) is 2. The Hall–Kier alpha value is -2.28. The van der Waals surface area contributed by atoms with Gasteiger partial charge in [0.25, 0.3) is 5.69 Å². The lowest BCUT2D eigenvalue weighted by molar-refractivity contribution is -0.386. The summed E-state index contributed by atoms with van der Waals surface area (Å²) in [6.07, 6.45) is 1.80. The Morgan fingerprint density at radius 2 is 2.40 bits per heavy atom. The van der Waals surface area contributed by atoms with Gasteiger partial charge in [-0.1, -0.05) is 0 Å². The fourth-order valence-corrected chi connectivity index (χ4v) is 2.89. The van der Waals surface area contributed by atoms with Gasteiger partial charge in [0.15, 0.2) is 0 Å². The normalized spacial score (nSPS) is 17.1. The van der Waals surface area contributed by atoms with E-state index < -0.39 is 4.92 Å². The minimum absolute atomic E-state index is 0.0133. The summed E-state index contributed by atoms with van der Waals surface area (Å²) >= 11 is 0. The molecule has 1 aliphatic heterocycles. The molecule has 1 saturated heterocycles. The van der Waals surface area contributed by atoms with Gasteiger partial charge in [-0.15, -0.1) is 0 Å². The number of pyridine rings is 1. The van der Waals surface area contributed by atoms with Crippen molar-refractivity contribution in [2.24, 2.45) is 0 Å². The maximum Gasteiger partial charge on any atom is 0.297 e. The molecule has 9 nitrogen and oxygen atoms in total. The summed E-state index contributed by atoms with van der Waals surface area (Å²) in [6.45, 7) is 4.47. The van der Waals surface area contributed by atoms with Crippen molar-refractivity contribution in [1.82, 2.24) is 10.3 Å². The minimum atomic E-state index is -0.518. The number of morpholine rings is 1. The SMILES string of the molecule is COCc1c(C#N)c(NCCC[C@@H]2COCCN2)nc(C)c1[N+](=O)[O-]. The monoisotopic (exact) mass is 349 g/mol. The molecule has 25 heavy (non-hydrogen) atoms. The summed E-state index contributed by atoms with van der Waals surface area (Å²) in [4.78, 5) is 15.0. The highest BCUT2D eigenvalue weighted by Gasteiger charge is 2.25. The Balaban J connectivity index is 2.09. The Morgan fingerprint density at radius 3 is 3.00 bits per heavy atom. The van der Waals surface area contributed by atoms with Crippen molar-refractivity contribution in [3.8, 4) is 6.07 Å². The molecule has 0 bridgehead atoms. The molecular weight excluding hydrogens is 326 g/mol. The van der Waals surface area contributed by atoms with Crippen LogP contribution in [0.2, 0.25) is 0 Å². The third-order valence-electron chi connectivity index (χ3n) is 4.05. The smallest absolute Gasteiger partial charge is 0.297 e. The third kappa shape index (κ3) is 4.85. The van der Waals surface area contributed by atoms with Crippen LogP contribution >= 0.6 is 0 Å². The van der Waals surface area contributed by atoms with Gasteiger partial charge in [-0.2, -0.15) is 5.26 Å². The van der Waals surface area contributed by atoms with E-state index in [1.165, 1.54) is 7.11 Å². The second-order valence-electron chi connectivity index (χ2n) is 5.84. The highest BCUT2D eigenvalue weighted by Crippen LogP contribution is 2.30. The number of hydrogen-bond acceptors (Lipinski definition) is 8. The molecule has 1 aliphatic rings. The molecule has 1 aromatic rings. The lowest BCUT2D eigenvalue weighted by Gasteiger charge is -2.23. The van der Waals surface area contributed by atoms with Crippen LogP contribution in [0.3, 0.4) is 0 Å². The van der Waals surface area contributed by atoms with E-state index in [9.17, 15) is 15.4 Å². The van der Waals surface area contributed by atoms with Crippen LogP contribution in [0.5, 0.6) is 0 Å². The number of methoxy groups -OCH3 is 1. The van der Waals surface area contributed by atoms with Crippen LogP contribution in [-0.4, -0.2) is 49.4 Å².